The largest absolute Gasteiger partial charge is 0.492 e. The fraction of sp³-hybridized carbons (Fsp3) is 0.529. The second-order valence-corrected chi connectivity index (χ2v) is 5.72. The van der Waals surface area contributed by atoms with Gasteiger partial charge < -0.3 is 15.4 Å². The minimum absolute atomic E-state index is 0.0918. The molecule has 1 aliphatic carbocycles. The summed E-state index contributed by atoms with van der Waals surface area (Å²) in [5.41, 5.74) is 0.515. The maximum Gasteiger partial charge on any atom is 0.313 e. The summed E-state index contributed by atoms with van der Waals surface area (Å²) in [6.07, 6.45) is 4.33. The zero-order valence-electron chi connectivity index (χ0n) is 13.2. The van der Waals surface area contributed by atoms with Gasteiger partial charge in [-0.2, -0.15) is 0 Å². The number of carbonyl (C=O) groups excluding carboxylic acids is 2. The van der Waals surface area contributed by atoms with Crippen LogP contribution in [0, 0.1) is 5.92 Å². The summed E-state index contributed by atoms with van der Waals surface area (Å²) in [5, 5.41) is 5.47. The molecule has 0 saturated heterocycles. The molecule has 2 atom stereocenters. The Morgan fingerprint density at radius 1 is 1.18 bits per heavy atom. The van der Waals surface area contributed by atoms with E-state index in [9.17, 15) is 9.59 Å². The molecule has 1 fully saturated rings. The van der Waals surface area contributed by atoms with E-state index >= 15 is 0 Å². The number of rotatable bonds is 4. The van der Waals surface area contributed by atoms with Crippen LogP contribution in [0.1, 0.15) is 39.5 Å². The highest BCUT2D eigenvalue weighted by atomic mass is 16.5. The monoisotopic (exact) mass is 304 g/mol. The van der Waals surface area contributed by atoms with E-state index in [1.165, 1.54) is 6.42 Å². The Labute approximate surface area is 131 Å². The van der Waals surface area contributed by atoms with Gasteiger partial charge in [0.1, 0.15) is 5.75 Å². The molecule has 1 aromatic carbocycles. The van der Waals surface area contributed by atoms with Crippen molar-refractivity contribution >= 4 is 17.5 Å². The molecule has 0 bridgehead atoms. The van der Waals surface area contributed by atoms with Crippen LogP contribution in [0.5, 0.6) is 5.75 Å². The summed E-state index contributed by atoms with van der Waals surface area (Å²) in [5.74, 6) is -0.242. The number of hydrogen-bond donors (Lipinski definition) is 2. The lowest BCUT2D eigenvalue weighted by atomic mass is 9.86. The number of carbonyl (C=O) groups is 2. The standard InChI is InChI=1S/C17H24N2O3/c1-3-22-15-11-7-6-10-14(15)19-17(21)16(20)18-13-9-5-4-8-12(13)2/h6-7,10-13H,3-5,8-9H2,1-2H3,(H,18,20)(H,19,21)/t12-,13+/m1/s1. The van der Waals surface area contributed by atoms with Gasteiger partial charge in [-0.15, -0.1) is 0 Å². The molecule has 0 radical (unpaired) electrons. The number of anilines is 1. The average Bonchev–Trinajstić information content (AvgIpc) is 2.51. The molecule has 2 amide bonds. The number of hydrogen-bond acceptors (Lipinski definition) is 3. The molecule has 1 aromatic rings. The lowest BCUT2D eigenvalue weighted by Gasteiger charge is -2.29. The predicted molar refractivity (Wildman–Crippen MR) is 85.8 cm³/mol. The van der Waals surface area contributed by atoms with Crippen molar-refractivity contribution in [3.05, 3.63) is 24.3 Å². The highest BCUT2D eigenvalue weighted by Gasteiger charge is 2.25. The Morgan fingerprint density at radius 3 is 2.64 bits per heavy atom. The molecular formula is C17H24N2O3. The molecule has 22 heavy (non-hydrogen) atoms. The van der Waals surface area contributed by atoms with Crippen LogP contribution in [0.2, 0.25) is 0 Å². The third-order valence-electron chi connectivity index (χ3n) is 4.07. The second-order valence-electron chi connectivity index (χ2n) is 5.72. The van der Waals surface area contributed by atoms with E-state index in [1.54, 1.807) is 18.2 Å². The Morgan fingerprint density at radius 2 is 1.91 bits per heavy atom. The van der Waals surface area contributed by atoms with Gasteiger partial charge in [-0.3, -0.25) is 9.59 Å². The Bertz CT molecular complexity index is 530. The van der Waals surface area contributed by atoms with Crippen molar-refractivity contribution < 1.29 is 14.3 Å². The summed E-state index contributed by atoms with van der Waals surface area (Å²) in [4.78, 5) is 24.1. The van der Waals surface area contributed by atoms with E-state index in [2.05, 4.69) is 17.6 Å². The molecule has 1 saturated carbocycles. The van der Waals surface area contributed by atoms with Crippen molar-refractivity contribution in [2.75, 3.05) is 11.9 Å². The lowest BCUT2D eigenvalue weighted by molar-refractivity contribution is -0.137. The first kappa shape index (κ1) is 16.3. The van der Waals surface area contributed by atoms with Crippen LogP contribution in [0.25, 0.3) is 0 Å². The quantitative estimate of drug-likeness (QED) is 0.840. The van der Waals surface area contributed by atoms with E-state index in [4.69, 9.17) is 4.74 Å². The average molecular weight is 304 g/mol. The molecule has 0 heterocycles. The molecular weight excluding hydrogens is 280 g/mol. The van der Waals surface area contributed by atoms with Crippen LogP contribution in [0.4, 0.5) is 5.69 Å². The third kappa shape index (κ3) is 4.23. The van der Waals surface area contributed by atoms with Crippen LogP contribution in [-0.2, 0) is 9.59 Å². The predicted octanol–water partition coefficient (Wildman–Crippen LogP) is 2.72. The van der Waals surface area contributed by atoms with E-state index in [0.717, 1.165) is 19.3 Å². The van der Waals surface area contributed by atoms with Crippen molar-refractivity contribution in [1.29, 1.82) is 0 Å². The van der Waals surface area contributed by atoms with Crippen molar-refractivity contribution in [2.24, 2.45) is 5.92 Å². The first-order valence-electron chi connectivity index (χ1n) is 7.95. The van der Waals surface area contributed by atoms with Crippen molar-refractivity contribution in [3.8, 4) is 5.75 Å². The van der Waals surface area contributed by atoms with Gasteiger partial charge in [0.05, 0.1) is 12.3 Å². The summed E-state index contributed by atoms with van der Waals surface area (Å²) >= 11 is 0. The summed E-state index contributed by atoms with van der Waals surface area (Å²) in [6.45, 7) is 4.49. The first-order chi connectivity index (χ1) is 10.6. The summed E-state index contributed by atoms with van der Waals surface area (Å²) in [6, 6.07) is 7.19. The second kappa shape index (κ2) is 7.82. The Kier molecular flexibility index (Phi) is 5.81. The van der Waals surface area contributed by atoms with Gasteiger partial charge >= 0.3 is 11.8 Å². The zero-order chi connectivity index (χ0) is 15.9. The first-order valence-corrected chi connectivity index (χ1v) is 7.95. The van der Waals surface area contributed by atoms with Crippen LogP contribution in [0.3, 0.4) is 0 Å². The van der Waals surface area contributed by atoms with Crippen molar-refractivity contribution in [3.63, 3.8) is 0 Å². The van der Waals surface area contributed by atoms with Gasteiger partial charge in [-0.05, 0) is 37.8 Å². The van der Waals surface area contributed by atoms with Gasteiger partial charge in [0.25, 0.3) is 0 Å². The fourth-order valence-corrected chi connectivity index (χ4v) is 2.79. The van der Waals surface area contributed by atoms with Gasteiger partial charge in [0.2, 0.25) is 0 Å². The van der Waals surface area contributed by atoms with Gasteiger partial charge in [-0.1, -0.05) is 31.9 Å². The van der Waals surface area contributed by atoms with Crippen molar-refractivity contribution in [2.45, 2.75) is 45.6 Å². The highest BCUT2D eigenvalue weighted by Crippen LogP contribution is 2.25. The molecule has 120 valence electrons. The molecule has 5 nitrogen and oxygen atoms in total. The molecule has 2 N–H and O–H groups in total. The maximum atomic E-state index is 12.1. The zero-order valence-corrected chi connectivity index (χ0v) is 13.2. The van der Waals surface area contributed by atoms with Crippen LogP contribution < -0.4 is 15.4 Å². The third-order valence-corrected chi connectivity index (χ3v) is 4.07. The minimum Gasteiger partial charge on any atom is -0.492 e. The molecule has 0 aliphatic heterocycles. The molecule has 0 spiro atoms. The SMILES string of the molecule is CCOc1ccccc1NC(=O)C(=O)N[C@H]1CCCC[C@H]1C. The van der Waals surface area contributed by atoms with E-state index < -0.39 is 11.8 Å². The topological polar surface area (TPSA) is 67.4 Å². The number of amides is 2. The van der Waals surface area contributed by atoms with E-state index in [0.29, 0.717) is 24.0 Å². The Balaban J connectivity index is 1.95. The molecule has 2 rings (SSSR count). The highest BCUT2D eigenvalue weighted by molar-refractivity contribution is 6.39. The Hall–Kier alpha value is -2.04. The lowest BCUT2D eigenvalue weighted by Crippen LogP contribution is -2.45. The minimum atomic E-state index is -0.648. The summed E-state index contributed by atoms with van der Waals surface area (Å²) < 4.78 is 5.44. The van der Waals surface area contributed by atoms with Crippen LogP contribution in [0.15, 0.2) is 24.3 Å². The van der Waals surface area contributed by atoms with Crippen molar-refractivity contribution in [1.82, 2.24) is 5.32 Å². The maximum absolute atomic E-state index is 12.1. The van der Waals surface area contributed by atoms with Crippen LogP contribution in [-0.4, -0.2) is 24.5 Å². The number of benzene rings is 1. The number of para-hydroxylation sites is 2. The molecule has 0 unspecified atom stereocenters. The van der Waals surface area contributed by atoms with E-state index in [-0.39, 0.29) is 6.04 Å². The molecule has 5 heteroatoms. The van der Waals surface area contributed by atoms with Gasteiger partial charge in [0, 0.05) is 6.04 Å². The molecule has 0 aromatic heterocycles. The number of ether oxygens (including phenoxy) is 1. The number of nitrogens with one attached hydrogen (secondary N) is 2. The summed E-state index contributed by atoms with van der Waals surface area (Å²) in [7, 11) is 0. The van der Waals surface area contributed by atoms with Gasteiger partial charge in [0.15, 0.2) is 0 Å². The smallest absolute Gasteiger partial charge is 0.313 e. The van der Waals surface area contributed by atoms with Crippen LogP contribution >= 0.6 is 0 Å². The normalized spacial score (nSPS) is 21.0. The fourth-order valence-electron chi connectivity index (χ4n) is 2.79. The van der Waals surface area contributed by atoms with Gasteiger partial charge in [-0.25, -0.2) is 0 Å². The molecule has 1 aliphatic rings. The van der Waals surface area contributed by atoms with E-state index in [1.807, 2.05) is 13.0 Å².